The molecule has 25 heavy (non-hydrogen) atoms. The van der Waals surface area contributed by atoms with Crippen molar-refractivity contribution >= 4 is 24.0 Å². The third-order valence-electron chi connectivity index (χ3n) is 4.09. The molecule has 0 aromatic carbocycles. The lowest BCUT2D eigenvalue weighted by atomic mass is 10.1. The van der Waals surface area contributed by atoms with Crippen molar-refractivity contribution in [3.63, 3.8) is 0 Å². The van der Waals surface area contributed by atoms with Crippen molar-refractivity contribution in [1.29, 1.82) is 0 Å². The van der Waals surface area contributed by atoms with E-state index in [0.29, 0.717) is 31.2 Å². The van der Waals surface area contributed by atoms with Gasteiger partial charge in [0.15, 0.2) is 0 Å². The molecule has 1 aliphatic rings. The van der Waals surface area contributed by atoms with Crippen LogP contribution in [0.4, 0.5) is 0 Å². The van der Waals surface area contributed by atoms with Gasteiger partial charge in [0.25, 0.3) is 0 Å². The highest BCUT2D eigenvalue weighted by Crippen LogP contribution is 2.13. The summed E-state index contributed by atoms with van der Waals surface area (Å²) < 4.78 is 10.4. The van der Waals surface area contributed by atoms with Crippen LogP contribution >= 0.6 is 0 Å². The van der Waals surface area contributed by atoms with Gasteiger partial charge in [-0.2, -0.15) is 0 Å². The number of nitrogens with zero attached hydrogens (tertiary/aromatic N) is 2. The highest BCUT2D eigenvalue weighted by molar-refractivity contribution is 5.93. The van der Waals surface area contributed by atoms with Gasteiger partial charge in [-0.25, -0.2) is 0 Å². The van der Waals surface area contributed by atoms with Gasteiger partial charge in [0.1, 0.15) is 11.5 Å². The average molecular weight is 340 g/mol. The van der Waals surface area contributed by atoms with Crippen molar-refractivity contribution in [2.24, 2.45) is 0 Å². The summed E-state index contributed by atoms with van der Waals surface area (Å²) in [5.41, 5.74) is 0. The van der Waals surface area contributed by atoms with Crippen LogP contribution in [0.3, 0.4) is 0 Å². The SMILES string of the molecule is C[C@H]1CN(C(=O)/C=C/c2ccco2)CCN1C(=O)/C=C/c1ccco1. The zero-order chi connectivity index (χ0) is 17.6. The Morgan fingerprint density at radius 3 is 2.12 bits per heavy atom. The third kappa shape index (κ3) is 4.29. The van der Waals surface area contributed by atoms with Gasteiger partial charge in [-0.1, -0.05) is 0 Å². The standard InChI is InChI=1S/C19H20N2O4/c1-15-14-20(18(22)8-6-16-4-2-12-24-16)10-11-21(15)19(23)9-7-17-5-3-13-25-17/h2-9,12-13,15H,10-11,14H2,1H3/b8-6+,9-7+/t15-/m0/s1. The number of carbonyl (C=O) groups excluding carboxylic acids is 2. The maximum absolute atomic E-state index is 12.3. The quantitative estimate of drug-likeness (QED) is 0.803. The summed E-state index contributed by atoms with van der Waals surface area (Å²) in [6.07, 6.45) is 9.43. The summed E-state index contributed by atoms with van der Waals surface area (Å²) in [5.74, 6) is 1.11. The van der Waals surface area contributed by atoms with Gasteiger partial charge in [-0.3, -0.25) is 9.59 Å². The molecule has 3 heterocycles. The molecule has 3 rings (SSSR count). The Kier molecular flexibility index (Phi) is 5.18. The average Bonchev–Trinajstić information content (AvgIpc) is 3.31. The van der Waals surface area contributed by atoms with E-state index < -0.39 is 0 Å². The van der Waals surface area contributed by atoms with Crippen molar-refractivity contribution in [1.82, 2.24) is 9.80 Å². The van der Waals surface area contributed by atoms with Crippen LogP contribution < -0.4 is 0 Å². The lowest BCUT2D eigenvalue weighted by molar-refractivity contribution is -0.136. The van der Waals surface area contributed by atoms with Crippen molar-refractivity contribution in [2.45, 2.75) is 13.0 Å². The molecule has 0 unspecified atom stereocenters. The van der Waals surface area contributed by atoms with Gasteiger partial charge in [-0.05, 0) is 43.3 Å². The number of carbonyl (C=O) groups is 2. The Morgan fingerprint density at radius 2 is 1.60 bits per heavy atom. The number of furan rings is 2. The molecular weight excluding hydrogens is 320 g/mol. The molecule has 0 bridgehead atoms. The highest BCUT2D eigenvalue weighted by atomic mass is 16.3. The molecule has 2 aromatic rings. The van der Waals surface area contributed by atoms with Crippen LogP contribution in [0.15, 0.2) is 57.8 Å². The maximum atomic E-state index is 12.3. The zero-order valence-corrected chi connectivity index (χ0v) is 14.0. The van der Waals surface area contributed by atoms with E-state index in [1.165, 1.54) is 12.2 Å². The van der Waals surface area contributed by atoms with E-state index in [-0.39, 0.29) is 17.9 Å². The lowest BCUT2D eigenvalue weighted by Crippen LogP contribution is -2.54. The van der Waals surface area contributed by atoms with Crippen LogP contribution in [-0.2, 0) is 9.59 Å². The van der Waals surface area contributed by atoms with Gasteiger partial charge in [0.2, 0.25) is 11.8 Å². The number of rotatable bonds is 4. The van der Waals surface area contributed by atoms with Crippen LogP contribution in [0.2, 0.25) is 0 Å². The van der Waals surface area contributed by atoms with E-state index in [1.54, 1.807) is 58.7 Å². The molecule has 130 valence electrons. The van der Waals surface area contributed by atoms with Crippen LogP contribution in [0.5, 0.6) is 0 Å². The Hall–Kier alpha value is -3.02. The fraction of sp³-hybridized carbons (Fsp3) is 0.263. The van der Waals surface area contributed by atoms with Gasteiger partial charge in [0, 0.05) is 37.8 Å². The first-order valence-corrected chi connectivity index (χ1v) is 8.16. The van der Waals surface area contributed by atoms with E-state index in [1.807, 2.05) is 6.92 Å². The first-order valence-electron chi connectivity index (χ1n) is 8.16. The van der Waals surface area contributed by atoms with Crippen molar-refractivity contribution in [3.05, 3.63) is 60.5 Å². The van der Waals surface area contributed by atoms with E-state index >= 15 is 0 Å². The van der Waals surface area contributed by atoms with Gasteiger partial charge in [-0.15, -0.1) is 0 Å². The van der Waals surface area contributed by atoms with Crippen LogP contribution in [0, 0.1) is 0 Å². The fourth-order valence-corrected chi connectivity index (χ4v) is 2.77. The Bertz CT molecular complexity index is 759. The van der Waals surface area contributed by atoms with Crippen molar-refractivity contribution in [3.8, 4) is 0 Å². The van der Waals surface area contributed by atoms with Gasteiger partial charge >= 0.3 is 0 Å². The first kappa shape index (κ1) is 16.8. The summed E-state index contributed by atoms with van der Waals surface area (Å²) in [6, 6.07) is 7.06. The summed E-state index contributed by atoms with van der Waals surface area (Å²) in [5, 5.41) is 0. The monoisotopic (exact) mass is 340 g/mol. The topological polar surface area (TPSA) is 66.9 Å². The molecule has 1 saturated heterocycles. The molecule has 1 atom stereocenters. The predicted octanol–water partition coefficient (Wildman–Crippen LogP) is 2.66. The first-order chi connectivity index (χ1) is 12.1. The minimum atomic E-state index is -0.0820. The molecule has 2 amide bonds. The highest BCUT2D eigenvalue weighted by Gasteiger charge is 2.27. The fourth-order valence-electron chi connectivity index (χ4n) is 2.77. The number of amides is 2. The second-order valence-corrected chi connectivity index (χ2v) is 5.86. The van der Waals surface area contributed by atoms with Crippen LogP contribution in [-0.4, -0.2) is 47.3 Å². The van der Waals surface area contributed by atoms with Crippen molar-refractivity contribution < 1.29 is 18.4 Å². The smallest absolute Gasteiger partial charge is 0.247 e. The number of hydrogen-bond donors (Lipinski definition) is 0. The second-order valence-electron chi connectivity index (χ2n) is 5.86. The molecule has 6 heteroatoms. The predicted molar refractivity (Wildman–Crippen MR) is 93.2 cm³/mol. The molecule has 0 saturated carbocycles. The molecule has 2 aromatic heterocycles. The minimum absolute atomic E-state index is 0.0523. The van der Waals surface area contributed by atoms with E-state index in [0.717, 1.165) is 0 Å². The molecule has 0 radical (unpaired) electrons. The number of piperazine rings is 1. The van der Waals surface area contributed by atoms with E-state index in [4.69, 9.17) is 8.83 Å². The Balaban J connectivity index is 1.55. The van der Waals surface area contributed by atoms with Crippen LogP contribution in [0.25, 0.3) is 12.2 Å². The van der Waals surface area contributed by atoms with Gasteiger partial charge in [0.05, 0.1) is 12.5 Å². The van der Waals surface area contributed by atoms with Crippen molar-refractivity contribution in [2.75, 3.05) is 19.6 Å². The molecule has 0 aliphatic carbocycles. The normalized spacial score (nSPS) is 18.4. The van der Waals surface area contributed by atoms with E-state index in [2.05, 4.69) is 0 Å². The molecule has 1 aliphatic heterocycles. The maximum Gasteiger partial charge on any atom is 0.247 e. The zero-order valence-electron chi connectivity index (χ0n) is 14.0. The van der Waals surface area contributed by atoms with Crippen LogP contribution in [0.1, 0.15) is 18.4 Å². The molecule has 1 fully saturated rings. The van der Waals surface area contributed by atoms with Gasteiger partial charge < -0.3 is 18.6 Å². The molecule has 6 nitrogen and oxygen atoms in total. The number of hydrogen-bond acceptors (Lipinski definition) is 4. The largest absolute Gasteiger partial charge is 0.465 e. The molecule has 0 spiro atoms. The summed E-state index contributed by atoms with van der Waals surface area (Å²) in [7, 11) is 0. The summed E-state index contributed by atoms with van der Waals surface area (Å²) in [6.45, 7) is 3.45. The lowest BCUT2D eigenvalue weighted by Gasteiger charge is -2.39. The molecule has 0 N–H and O–H groups in total. The second kappa shape index (κ2) is 7.70. The summed E-state index contributed by atoms with van der Waals surface area (Å²) in [4.78, 5) is 28.1. The summed E-state index contributed by atoms with van der Waals surface area (Å²) >= 11 is 0. The third-order valence-corrected chi connectivity index (χ3v) is 4.09. The molecular formula is C19H20N2O4. The Labute approximate surface area is 146 Å². The minimum Gasteiger partial charge on any atom is -0.465 e. The van der Waals surface area contributed by atoms with E-state index in [9.17, 15) is 9.59 Å². The Morgan fingerprint density at radius 1 is 1.00 bits per heavy atom.